The van der Waals surface area contributed by atoms with Crippen molar-refractivity contribution < 1.29 is 5.21 Å². The molecule has 1 aromatic carbocycles. The average Bonchev–Trinajstić information content (AvgIpc) is 2.30. The van der Waals surface area contributed by atoms with Crippen molar-refractivity contribution in [3.05, 3.63) is 47.9 Å². The molecule has 0 aliphatic rings. The van der Waals surface area contributed by atoms with E-state index >= 15 is 0 Å². The van der Waals surface area contributed by atoms with Gasteiger partial charge in [-0.2, -0.15) is 0 Å². The van der Waals surface area contributed by atoms with E-state index in [2.05, 4.69) is 15.1 Å². The molecule has 0 amide bonds. The summed E-state index contributed by atoms with van der Waals surface area (Å²) >= 11 is 0. The summed E-state index contributed by atoms with van der Waals surface area (Å²) in [5.41, 5.74) is 2.43. The zero-order valence-corrected chi connectivity index (χ0v) is 8.83. The number of nitrogens with zero attached hydrogens (tertiary/aromatic N) is 3. The van der Waals surface area contributed by atoms with Crippen molar-refractivity contribution in [2.45, 2.75) is 6.92 Å². The molecule has 0 aliphatic heterocycles. The van der Waals surface area contributed by atoms with Gasteiger partial charge in [-0.05, 0) is 13.0 Å². The van der Waals surface area contributed by atoms with Crippen LogP contribution in [0.3, 0.4) is 0 Å². The summed E-state index contributed by atoms with van der Waals surface area (Å²) in [4.78, 5) is 8.46. The minimum Gasteiger partial charge on any atom is -0.411 e. The van der Waals surface area contributed by atoms with Gasteiger partial charge in [-0.15, -0.1) is 0 Å². The molecule has 0 aliphatic carbocycles. The van der Waals surface area contributed by atoms with Gasteiger partial charge < -0.3 is 5.21 Å². The molecular weight excluding hydrogens is 202 g/mol. The molecule has 1 aromatic heterocycles. The molecule has 0 bridgehead atoms. The van der Waals surface area contributed by atoms with Crippen LogP contribution in [-0.2, 0) is 0 Å². The van der Waals surface area contributed by atoms with Crippen molar-refractivity contribution >= 4 is 6.21 Å². The molecule has 0 atom stereocenters. The molecule has 0 saturated carbocycles. The van der Waals surface area contributed by atoms with Gasteiger partial charge >= 0.3 is 0 Å². The third-order valence-corrected chi connectivity index (χ3v) is 2.12. The van der Waals surface area contributed by atoms with Crippen molar-refractivity contribution in [3.63, 3.8) is 0 Å². The largest absolute Gasteiger partial charge is 0.411 e. The van der Waals surface area contributed by atoms with Gasteiger partial charge in [-0.3, -0.25) is 0 Å². The van der Waals surface area contributed by atoms with E-state index in [0.717, 1.165) is 11.3 Å². The van der Waals surface area contributed by atoms with Crippen LogP contribution in [0.15, 0.2) is 41.6 Å². The standard InChI is InChI=1S/C12H11N3O/c1-9-14-11(8-13-16)7-12(15-9)10-5-3-2-4-6-10/h2-8,16H,1H3/b13-8+. The quantitative estimate of drug-likeness (QED) is 0.473. The lowest BCUT2D eigenvalue weighted by Gasteiger charge is -2.02. The average molecular weight is 213 g/mol. The maximum atomic E-state index is 8.48. The fraction of sp³-hybridized carbons (Fsp3) is 0.0833. The number of rotatable bonds is 2. The smallest absolute Gasteiger partial charge is 0.126 e. The second kappa shape index (κ2) is 4.53. The van der Waals surface area contributed by atoms with Gasteiger partial charge in [0.05, 0.1) is 17.6 Å². The fourth-order valence-corrected chi connectivity index (χ4v) is 1.47. The summed E-state index contributed by atoms with van der Waals surface area (Å²) in [7, 11) is 0. The minimum atomic E-state index is 0.592. The molecule has 0 saturated heterocycles. The van der Waals surface area contributed by atoms with Crippen molar-refractivity contribution in [3.8, 4) is 11.3 Å². The van der Waals surface area contributed by atoms with Gasteiger partial charge in [-0.1, -0.05) is 35.5 Å². The normalized spacial score (nSPS) is 10.8. The van der Waals surface area contributed by atoms with Crippen LogP contribution >= 0.6 is 0 Å². The molecule has 2 rings (SSSR count). The maximum absolute atomic E-state index is 8.48. The maximum Gasteiger partial charge on any atom is 0.126 e. The van der Waals surface area contributed by atoms with Crippen molar-refractivity contribution in [2.75, 3.05) is 0 Å². The van der Waals surface area contributed by atoms with Crippen LogP contribution < -0.4 is 0 Å². The van der Waals surface area contributed by atoms with E-state index in [9.17, 15) is 0 Å². The Kier molecular flexibility index (Phi) is 2.91. The summed E-state index contributed by atoms with van der Waals surface area (Å²) in [6, 6.07) is 11.6. The van der Waals surface area contributed by atoms with Crippen molar-refractivity contribution in [1.29, 1.82) is 0 Å². The van der Waals surface area contributed by atoms with Gasteiger partial charge in [0.2, 0.25) is 0 Å². The first-order valence-electron chi connectivity index (χ1n) is 4.88. The molecule has 1 N–H and O–H groups in total. The summed E-state index contributed by atoms with van der Waals surface area (Å²) in [5.74, 6) is 0.649. The third kappa shape index (κ3) is 2.23. The highest BCUT2D eigenvalue weighted by atomic mass is 16.4. The molecule has 0 fully saturated rings. The molecule has 80 valence electrons. The zero-order valence-electron chi connectivity index (χ0n) is 8.83. The van der Waals surface area contributed by atoms with E-state index in [1.165, 1.54) is 6.21 Å². The van der Waals surface area contributed by atoms with Gasteiger partial charge in [0.1, 0.15) is 5.82 Å². The Morgan fingerprint density at radius 3 is 2.62 bits per heavy atom. The van der Waals surface area contributed by atoms with Crippen LogP contribution in [0, 0.1) is 6.92 Å². The Labute approximate surface area is 93.3 Å². The SMILES string of the molecule is Cc1nc(/C=N/O)cc(-c2ccccc2)n1. The number of aryl methyl sites for hydroxylation is 1. The van der Waals surface area contributed by atoms with Crippen LogP contribution in [0.1, 0.15) is 11.5 Å². The summed E-state index contributed by atoms with van der Waals surface area (Å²) in [5, 5.41) is 11.4. The predicted molar refractivity (Wildman–Crippen MR) is 61.6 cm³/mol. The first-order valence-corrected chi connectivity index (χ1v) is 4.88. The highest BCUT2D eigenvalue weighted by Crippen LogP contribution is 2.16. The van der Waals surface area contributed by atoms with Crippen LogP contribution in [0.25, 0.3) is 11.3 Å². The number of benzene rings is 1. The molecule has 16 heavy (non-hydrogen) atoms. The Balaban J connectivity index is 2.49. The van der Waals surface area contributed by atoms with E-state index in [1.54, 1.807) is 13.0 Å². The van der Waals surface area contributed by atoms with Crippen LogP contribution in [-0.4, -0.2) is 21.4 Å². The predicted octanol–water partition coefficient (Wildman–Crippen LogP) is 2.26. The number of hydrogen-bond donors (Lipinski definition) is 1. The summed E-state index contributed by atoms with van der Waals surface area (Å²) in [6.07, 6.45) is 1.29. The van der Waals surface area contributed by atoms with E-state index in [4.69, 9.17) is 5.21 Å². The second-order valence-electron chi connectivity index (χ2n) is 3.34. The van der Waals surface area contributed by atoms with Crippen LogP contribution in [0.2, 0.25) is 0 Å². The van der Waals surface area contributed by atoms with E-state index < -0.39 is 0 Å². The zero-order chi connectivity index (χ0) is 11.4. The minimum absolute atomic E-state index is 0.592. The Morgan fingerprint density at radius 1 is 1.19 bits per heavy atom. The summed E-state index contributed by atoms with van der Waals surface area (Å²) < 4.78 is 0. The van der Waals surface area contributed by atoms with E-state index in [0.29, 0.717) is 11.5 Å². The van der Waals surface area contributed by atoms with Crippen LogP contribution in [0.5, 0.6) is 0 Å². The third-order valence-electron chi connectivity index (χ3n) is 2.12. The van der Waals surface area contributed by atoms with E-state index in [-0.39, 0.29) is 0 Å². The Morgan fingerprint density at radius 2 is 1.94 bits per heavy atom. The van der Waals surface area contributed by atoms with Crippen molar-refractivity contribution in [1.82, 2.24) is 9.97 Å². The lowest BCUT2D eigenvalue weighted by molar-refractivity contribution is 0.321. The number of aromatic nitrogens is 2. The topological polar surface area (TPSA) is 58.4 Å². The molecule has 4 heteroatoms. The number of oxime groups is 1. The van der Waals surface area contributed by atoms with Crippen LogP contribution in [0.4, 0.5) is 0 Å². The molecule has 0 spiro atoms. The second-order valence-corrected chi connectivity index (χ2v) is 3.34. The monoisotopic (exact) mass is 213 g/mol. The number of hydrogen-bond acceptors (Lipinski definition) is 4. The molecule has 0 unspecified atom stereocenters. The molecule has 4 nitrogen and oxygen atoms in total. The van der Waals surface area contributed by atoms with Gasteiger partial charge in [-0.25, -0.2) is 9.97 Å². The lowest BCUT2D eigenvalue weighted by atomic mass is 10.1. The van der Waals surface area contributed by atoms with Gasteiger partial charge in [0.15, 0.2) is 0 Å². The molecule has 0 radical (unpaired) electrons. The summed E-state index contributed by atoms with van der Waals surface area (Å²) in [6.45, 7) is 1.81. The molecule has 1 heterocycles. The highest BCUT2D eigenvalue weighted by molar-refractivity contribution is 5.78. The van der Waals surface area contributed by atoms with Gasteiger partial charge in [0, 0.05) is 5.56 Å². The Bertz CT molecular complexity index is 509. The fourth-order valence-electron chi connectivity index (χ4n) is 1.47. The van der Waals surface area contributed by atoms with E-state index in [1.807, 2.05) is 30.3 Å². The molecule has 2 aromatic rings. The van der Waals surface area contributed by atoms with Gasteiger partial charge in [0.25, 0.3) is 0 Å². The Hall–Kier alpha value is -2.23. The molecular formula is C12H11N3O. The first kappa shape index (κ1) is 10.3. The van der Waals surface area contributed by atoms with Crippen molar-refractivity contribution in [2.24, 2.45) is 5.16 Å². The highest BCUT2D eigenvalue weighted by Gasteiger charge is 2.02. The first-order chi connectivity index (χ1) is 7.79. The lowest BCUT2D eigenvalue weighted by Crippen LogP contribution is -1.96.